The molecule has 0 spiro atoms. The molecule has 2 N–H and O–H groups in total. The number of nitrogens with zero attached hydrogens (tertiary/aromatic N) is 5. The normalized spacial score (nSPS) is 10.7. The number of anilines is 2. The molecule has 2 aromatic heterocycles. The lowest BCUT2D eigenvalue weighted by Crippen LogP contribution is -2.21. The van der Waals surface area contributed by atoms with Gasteiger partial charge in [0.15, 0.2) is 0 Å². The summed E-state index contributed by atoms with van der Waals surface area (Å²) in [5, 5.41) is 8.94. The Morgan fingerprint density at radius 3 is 2.70 bits per heavy atom. The summed E-state index contributed by atoms with van der Waals surface area (Å²) in [4.78, 5) is 11.0. The predicted octanol–water partition coefficient (Wildman–Crippen LogP) is 2.54. The molecule has 6 heteroatoms. The van der Waals surface area contributed by atoms with Crippen LogP contribution in [0.25, 0.3) is 11.0 Å². The third kappa shape index (κ3) is 2.69. The van der Waals surface area contributed by atoms with Crippen molar-refractivity contribution in [3.63, 3.8) is 0 Å². The van der Waals surface area contributed by atoms with Crippen molar-refractivity contribution in [3.05, 3.63) is 47.8 Å². The molecular formula is C17H18N6. The highest BCUT2D eigenvalue weighted by Crippen LogP contribution is 2.20. The molecule has 0 fully saturated rings. The molecule has 0 bridgehead atoms. The van der Waals surface area contributed by atoms with E-state index in [1.54, 1.807) is 12.1 Å². The minimum absolute atomic E-state index is 0.251. The van der Waals surface area contributed by atoms with Gasteiger partial charge in [-0.25, -0.2) is 9.97 Å². The first-order valence-electron chi connectivity index (χ1n) is 7.46. The molecule has 0 radical (unpaired) electrons. The van der Waals surface area contributed by atoms with Crippen LogP contribution < -0.4 is 10.6 Å². The maximum atomic E-state index is 8.94. The maximum absolute atomic E-state index is 8.94. The summed E-state index contributed by atoms with van der Waals surface area (Å²) < 4.78 is 2.19. The Kier molecular flexibility index (Phi) is 3.85. The van der Waals surface area contributed by atoms with Gasteiger partial charge in [-0.05, 0) is 31.2 Å². The number of hydrogen-bond donors (Lipinski definition) is 1. The number of pyridine rings is 1. The van der Waals surface area contributed by atoms with Crippen LogP contribution in [0.5, 0.6) is 0 Å². The van der Waals surface area contributed by atoms with E-state index in [-0.39, 0.29) is 5.82 Å². The molecule has 6 nitrogen and oxygen atoms in total. The number of fused-ring (bicyclic) bond motifs is 1. The molecule has 0 saturated carbocycles. The van der Waals surface area contributed by atoms with E-state index in [0.29, 0.717) is 12.1 Å². The van der Waals surface area contributed by atoms with Gasteiger partial charge in [0.1, 0.15) is 23.5 Å². The van der Waals surface area contributed by atoms with Crippen LogP contribution in [0.1, 0.15) is 18.3 Å². The smallest absolute Gasteiger partial charge is 0.143 e. The zero-order valence-electron chi connectivity index (χ0n) is 13.2. The minimum atomic E-state index is 0.251. The van der Waals surface area contributed by atoms with Crippen molar-refractivity contribution in [1.82, 2.24) is 14.5 Å². The second kappa shape index (κ2) is 5.97. The highest BCUT2D eigenvalue weighted by molar-refractivity contribution is 5.76. The van der Waals surface area contributed by atoms with Crippen LogP contribution >= 0.6 is 0 Å². The largest absolute Gasteiger partial charge is 0.383 e. The first kappa shape index (κ1) is 14.9. The van der Waals surface area contributed by atoms with Gasteiger partial charge in [0.25, 0.3) is 0 Å². The van der Waals surface area contributed by atoms with E-state index in [9.17, 15) is 0 Å². The van der Waals surface area contributed by atoms with Gasteiger partial charge in [0.2, 0.25) is 0 Å². The lowest BCUT2D eigenvalue weighted by Gasteiger charge is -2.19. The van der Waals surface area contributed by atoms with Crippen molar-refractivity contribution in [3.8, 4) is 6.07 Å². The third-order valence-electron chi connectivity index (χ3n) is 3.85. The standard InChI is InChI=1S/C17H18N6/c1-3-23-14-7-5-4-6-13(14)20-16(23)11-22(2)15-9-8-12(10-18)17(19)21-15/h4-9H,3,11H2,1-2H3,(H2,19,21). The van der Waals surface area contributed by atoms with E-state index < -0.39 is 0 Å². The minimum Gasteiger partial charge on any atom is -0.383 e. The molecule has 0 aliphatic heterocycles. The Balaban J connectivity index is 1.92. The molecule has 0 saturated heterocycles. The number of nitrogen functional groups attached to an aromatic ring is 1. The van der Waals surface area contributed by atoms with Crippen molar-refractivity contribution < 1.29 is 0 Å². The van der Waals surface area contributed by atoms with Crippen LogP contribution in [0.2, 0.25) is 0 Å². The van der Waals surface area contributed by atoms with E-state index in [1.807, 2.05) is 36.2 Å². The molecule has 23 heavy (non-hydrogen) atoms. The van der Waals surface area contributed by atoms with Crippen LogP contribution in [0, 0.1) is 11.3 Å². The van der Waals surface area contributed by atoms with Gasteiger partial charge in [-0.15, -0.1) is 0 Å². The summed E-state index contributed by atoms with van der Waals surface area (Å²) in [6.45, 7) is 3.57. The van der Waals surface area contributed by atoms with Crippen LogP contribution in [-0.4, -0.2) is 21.6 Å². The van der Waals surface area contributed by atoms with E-state index in [0.717, 1.165) is 29.2 Å². The van der Waals surface area contributed by atoms with Crippen molar-refractivity contribution in [2.45, 2.75) is 20.0 Å². The fourth-order valence-corrected chi connectivity index (χ4v) is 2.66. The number of nitriles is 1. The molecule has 116 valence electrons. The molecule has 1 aromatic carbocycles. The molecule has 0 unspecified atom stereocenters. The Labute approximate surface area is 134 Å². The van der Waals surface area contributed by atoms with Gasteiger partial charge >= 0.3 is 0 Å². The molecule has 0 amide bonds. The van der Waals surface area contributed by atoms with E-state index in [1.165, 1.54) is 0 Å². The number of aryl methyl sites for hydroxylation is 1. The lowest BCUT2D eigenvalue weighted by molar-refractivity contribution is 0.700. The molecule has 3 rings (SSSR count). The van der Waals surface area contributed by atoms with Gasteiger partial charge in [0, 0.05) is 13.6 Å². The Bertz CT molecular complexity index is 890. The van der Waals surface area contributed by atoms with Crippen LogP contribution in [0.3, 0.4) is 0 Å². The van der Waals surface area contributed by atoms with Crippen molar-refractivity contribution in [2.75, 3.05) is 17.7 Å². The predicted molar refractivity (Wildman–Crippen MR) is 90.9 cm³/mol. The van der Waals surface area contributed by atoms with Crippen molar-refractivity contribution in [1.29, 1.82) is 5.26 Å². The highest BCUT2D eigenvalue weighted by Gasteiger charge is 2.13. The molecule has 3 aromatic rings. The molecule has 2 heterocycles. The summed E-state index contributed by atoms with van der Waals surface area (Å²) >= 11 is 0. The first-order chi connectivity index (χ1) is 11.1. The van der Waals surface area contributed by atoms with E-state index in [4.69, 9.17) is 16.0 Å². The number of aromatic nitrogens is 3. The quantitative estimate of drug-likeness (QED) is 0.800. The summed E-state index contributed by atoms with van der Waals surface area (Å²) in [5.41, 5.74) is 8.31. The first-order valence-corrected chi connectivity index (χ1v) is 7.46. The maximum Gasteiger partial charge on any atom is 0.143 e. The zero-order valence-corrected chi connectivity index (χ0v) is 13.2. The topological polar surface area (TPSA) is 83.8 Å². The van der Waals surface area contributed by atoms with Gasteiger partial charge in [-0.2, -0.15) is 5.26 Å². The fourth-order valence-electron chi connectivity index (χ4n) is 2.66. The van der Waals surface area contributed by atoms with Gasteiger partial charge < -0.3 is 15.2 Å². The van der Waals surface area contributed by atoms with Crippen LogP contribution in [0.15, 0.2) is 36.4 Å². The second-order valence-corrected chi connectivity index (χ2v) is 5.33. The average molecular weight is 306 g/mol. The highest BCUT2D eigenvalue weighted by atomic mass is 15.2. The molecule has 0 aliphatic rings. The number of nitrogens with two attached hydrogens (primary N) is 1. The second-order valence-electron chi connectivity index (χ2n) is 5.33. The average Bonchev–Trinajstić information content (AvgIpc) is 2.91. The zero-order chi connectivity index (χ0) is 16.4. The van der Waals surface area contributed by atoms with E-state index in [2.05, 4.69) is 22.5 Å². The van der Waals surface area contributed by atoms with Crippen LogP contribution in [0.4, 0.5) is 11.6 Å². The van der Waals surface area contributed by atoms with Gasteiger partial charge in [-0.1, -0.05) is 12.1 Å². The SMILES string of the molecule is CCn1c(CN(C)c2ccc(C#N)c(N)n2)nc2ccccc21. The number of rotatable bonds is 4. The van der Waals surface area contributed by atoms with Crippen molar-refractivity contribution in [2.24, 2.45) is 0 Å². The van der Waals surface area contributed by atoms with Crippen molar-refractivity contribution >= 4 is 22.7 Å². The summed E-state index contributed by atoms with van der Waals surface area (Å²) in [6, 6.07) is 13.6. The number of benzene rings is 1. The number of imidazole rings is 1. The monoisotopic (exact) mass is 306 g/mol. The van der Waals surface area contributed by atoms with Gasteiger partial charge in [0.05, 0.1) is 23.1 Å². The molecule has 0 aliphatic carbocycles. The summed E-state index contributed by atoms with van der Waals surface area (Å²) in [7, 11) is 1.94. The Morgan fingerprint density at radius 2 is 2.00 bits per heavy atom. The molecule has 0 atom stereocenters. The Morgan fingerprint density at radius 1 is 1.22 bits per heavy atom. The number of hydrogen-bond acceptors (Lipinski definition) is 5. The van der Waals surface area contributed by atoms with E-state index >= 15 is 0 Å². The Hall–Kier alpha value is -3.07. The summed E-state index contributed by atoms with van der Waals surface area (Å²) in [5.74, 6) is 1.94. The van der Waals surface area contributed by atoms with Crippen LogP contribution in [-0.2, 0) is 13.1 Å². The summed E-state index contributed by atoms with van der Waals surface area (Å²) in [6.07, 6.45) is 0. The molecular weight excluding hydrogens is 288 g/mol. The number of para-hydroxylation sites is 2. The van der Waals surface area contributed by atoms with Gasteiger partial charge in [-0.3, -0.25) is 0 Å². The lowest BCUT2D eigenvalue weighted by atomic mass is 10.2. The fraction of sp³-hybridized carbons (Fsp3) is 0.235. The third-order valence-corrected chi connectivity index (χ3v) is 3.85.